The zero-order chi connectivity index (χ0) is 13.0. The van der Waals surface area contributed by atoms with E-state index in [2.05, 4.69) is 15.1 Å². The second-order valence-corrected chi connectivity index (χ2v) is 4.13. The van der Waals surface area contributed by atoms with Crippen LogP contribution in [0.25, 0.3) is 11.3 Å². The van der Waals surface area contributed by atoms with E-state index in [1.54, 1.807) is 31.3 Å². The van der Waals surface area contributed by atoms with Gasteiger partial charge in [0.05, 0.1) is 5.02 Å². The molecular weight excluding hydrogens is 273 g/mol. The first-order valence-electron chi connectivity index (χ1n) is 5.14. The van der Waals surface area contributed by atoms with Gasteiger partial charge in [0, 0.05) is 29.2 Å². The molecule has 0 saturated carbocycles. The summed E-state index contributed by atoms with van der Waals surface area (Å²) >= 11 is 12.0. The molecule has 0 bridgehead atoms. The molecule has 0 amide bonds. The third-order valence-corrected chi connectivity index (χ3v) is 2.64. The Labute approximate surface area is 114 Å². The highest BCUT2D eigenvalue weighted by molar-refractivity contribution is 6.36. The average molecular weight is 282 g/mol. The summed E-state index contributed by atoms with van der Waals surface area (Å²) in [5.41, 5.74) is 1.21. The van der Waals surface area contributed by atoms with Crippen LogP contribution in [0.2, 0.25) is 10.0 Å². The van der Waals surface area contributed by atoms with Crippen LogP contribution in [0.5, 0.6) is 5.88 Å². The largest absolute Gasteiger partial charge is 0.334 e. The van der Waals surface area contributed by atoms with Gasteiger partial charge in [-0.05, 0) is 25.1 Å². The van der Waals surface area contributed by atoms with Crippen LogP contribution in [0.3, 0.4) is 0 Å². The Morgan fingerprint density at radius 2 is 2.00 bits per heavy atom. The predicted octanol–water partition coefficient (Wildman–Crippen LogP) is 3.83. The van der Waals surface area contributed by atoms with Gasteiger partial charge in [-0.2, -0.15) is 0 Å². The van der Waals surface area contributed by atoms with Gasteiger partial charge < -0.3 is 4.84 Å². The molecule has 0 atom stereocenters. The van der Waals surface area contributed by atoms with Crippen molar-refractivity contribution < 1.29 is 4.84 Å². The van der Waals surface area contributed by atoms with E-state index in [4.69, 9.17) is 28.0 Å². The number of rotatable bonds is 3. The monoisotopic (exact) mass is 281 g/mol. The van der Waals surface area contributed by atoms with Gasteiger partial charge in [-0.1, -0.05) is 28.4 Å². The van der Waals surface area contributed by atoms with Gasteiger partial charge in [0.1, 0.15) is 5.69 Å². The van der Waals surface area contributed by atoms with Crippen LogP contribution in [-0.2, 0) is 0 Å². The lowest BCUT2D eigenvalue weighted by Crippen LogP contribution is -1.94. The fraction of sp³-hybridized carbons (Fsp3) is 0.0833. The van der Waals surface area contributed by atoms with E-state index in [0.717, 1.165) is 0 Å². The number of halogens is 2. The third kappa shape index (κ3) is 2.78. The SMILES string of the molecule is C/C=N/Oc1nccnc1-c1ccc(Cl)cc1Cl. The summed E-state index contributed by atoms with van der Waals surface area (Å²) in [5, 5.41) is 4.72. The highest BCUT2D eigenvalue weighted by Crippen LogP contribution is 2.33. The zero-order valence-electron chi connectivity index (χ0n) is 9.47. The minimum absolute atomic E-state index is 0.292. The van der Waals surface area contributed by atoms with Crippen molar-refractivity contribution in [3.8, 4) is 17.1 Å². The molecule has 2 rings (SSSR count). The van der Waals surface area contributed by atoms with Crippen LogP contribution in [0, 0.1) is 0 Å². The molecule has 0 aliphatic rings. The predicted molar refractivity (Wildman–Crippen MR) is 72.3 cm³/mol. The Balaban J connectivity index is 2.49. The third-order valence-electron chi connectivity index (χ3n) is 2.10. The lowest BCUT2D eigenvalue weighted by molar-refractivity contribution is 0.329. The normalized spacial score (nSPS) is 10.8. The van der Waals surface area contributed by atoms with Crippen molar-refractivity contribution in [2.24, 2.45) is 5.16 Å². The first-order valence-corrected chi connectivity index (χ1v) is 5.89. The molecule has 18 heavy (non-hydrogen) atoms. The summed E-state index contributed by atoms with van der Waals surface area (Å²) in [6.07, 6.45) is 4.60. The fourth-order valence-corrected chi connectivity index (χ4v) is 1.86. The van der Waals surface area contributed by atoms with Crippen molar-refractivity contribution in [2.45, 2.75) is 6.92 Å². The number of benzene rings is 1. The zero-order valence-corrected chi connectivity index (χ0v) is 11.0. The molecule has 0 radical (unpaired) electrons. The maximum atomic E-state index is 6.12. The van der Waals surface area contributed by atoms with Crippen LogP contribution in [0.1, 0.15) is 6.92 Å². The summed E-state index contributed by atoms with van der Waals surface area (Å²) in [5.74, 6) is 0.292. The summed E-state index contributed by atoms with van der Waals surface area (Å²) in [4.78, 5) is 13.4. The lowest BCUT2D eigenvalue weighted by Gasteiger charge is -2.06. The van der Waals surface area contributed by atoms with Crippen molar-refractivity contribution >= 4 is 29.4 Å². The summed E-state index contributed by atoms with van der Waals surface area (Å²) < 4.78 is 0. The molecule has 0 aliphatic heterocycles. The minimum Gasteiger partial charge on any atom is -0.334 e. The van der Waals surface area contributed by atoms with Gasteiger partial charge in [0.2, 0.25) is 0 Å². The molecule has 92 valence electrons. The Morgan fingerprint density at radius 3 is 2.72 bits per heavy atom. The van der Waals surface area contributed by atoms with Crippen molar-refractivity contribution in [1.29, 1.82) is 0 Å². The molecule has 1 aromatic carbocycles. The van der Waals surface area contributed by atoms with Gasteiger partial charge in [-0.15, -0.1) is 0 Å². The van der Waals surface area contributed by atoms with E-state index in [1.165, 1.54) is 12.4 Å². The topological polar surface area (TPSA) is 47.4 Å². The van der Waals surface area contributed by atoms with Gasteiger partial charge in [-0.25, -0.2) is 9.97 Å². The van der Waals surface area contributed by atoms with Gasteiger partial charge in [0.25, 0.3) is 5.88 Å². The Morgan fingerprint density at radius 1 is 1.22 bits per heavy atom. The molecule has 0 unspecified atom stereocenters. The van der Waals surface area contributed by atoms with Crippen LogP contribution < -0.4 is 4.84 Å². The van der Waals surface area contributed by atoms with Crippen LogP contribution in [0.15, 0.2) is 35.7 Å². The number of hydrogen-bond acceptors (Lipinski definition) is 4. The molecular formula is C12H9Cl2N3O. The molecule has 0 fully saturated rings. The minimum atomic E-state index is 0.292. The fourth-order valence-electron chi connectivity index (χ4n) is 1.36. The molecule has 0 saturated heterocycles. The highest BCUT2D eigenvalue weighted by Gasteiger charge is 2.13. The number of hydrogen-bond donors (Lipinski definition) is 0. The van der Waals surface area contributed by atoms with Gasteiger partial charge in [0.15, 0.2) is 0 Å². The summed E-state index contributed by atoms with van der Waals surface area (Å²) in [6.45, 7) is 1.74. The standard InChI is InChI=1S/C12H9Cl2N3O/c1-2-17-18-12-11(15-5-6-16-12)9-4-3-8(13)7-10(9)14/h2-7H,1H3/b17-2+. The smallest absolute Gasteiger partial charge is 0.275 e. The number of aromatic nitrogens is 2. The maximum absolute atomic E-state index is 6.12. The molecule has 4 nitrogen and oxygen atoms in total. The molecule has 1 heterocycles. The van der Waals surface area contributed by atoms with Crippen molar-refractivity contribution in [1.82, 2.24) is 9.97 Å². The lowest BCUT2D eigenvalue weighted by atomic mass is 10.1. The van der Waals surface area contributed by atoms with E-state index in [0.29, 0.717) is 27.2 Å². The quantitative estimate of drug-likeness (QED) is 0.634. The summed E-state index contributed by atoms with van der Waals surface area (Å²) in [7, 11) is 0. The van der Waals surface area contributed by atoms with E-state index >= 15 is 0 Å². The number of oxime groups is 1. The first kappa shape index (κ1) is 12.8. The van der Waals surface area contributed by atoms with Crippen LogP contribution in [0.4, 0.5) is 0 Å². The van der Waals surface area contributed by atoms with Gasteiger partial charge >= 0.3 is 0 Å². The van der Waals surface area contributed by atoms with Crippen molar-refractivity contribution in [3.63, 3.8) is 0 Å². The Hall–Kier alpha value is -1.65. The second-order valence-electron chi connectivity index (χ2n) is 3.29. The van der Waals surface area contributed by atoms with Crippen molar-refractivity contribution in [2.75, 3.05) is 0 Å². The molecule has 0 spiro atoms. The van der Waals surface area contributed by atoms with E-state index in [9.17, 15) is 0 Å². The van der Waals surface area contributed by atoms with E-state index < -0.39 is 0 Å². The van der Waals surface area contributed by atoms with Gasteiger partial charge in [-0.3, -0.25) is 0 Å². The Kier molecular flexibility index (Phi) is 4.12. The summed E-state index contributed by atoms with van der Waals surface area (Å²) in [6, 6.07) is 5.13. The molecule has 1 aromatic heterocycles. The Bertz CT molecular complexity index is 587. The highest BCUT2D eigenvalue weighted by atomic mass is 35.5. The van der Waals surface area contributed by atoms with Crippen molar-refractivity contribution in [3.05, 3.63) is 40.6 Å². The first-order chi connectivity index (χ1) is 8.72. The van der Waals surface area contributed by atoms with Crippen LogP contribution >= 0.6 is 23.2 Å². The number of nitrogens with zero attached hydrogens (tertiary/aromatic N) is 3. The van der Waals surface area contributed by atoms with Crippen LogP contribution in [-0.4, -0.2) is 16.2 Å². The molecule has 6 heteroatoms. The molecule has 0 aliphatic carbocycles. The van der Waals surface area contributed by atoms with E-state index in [-0.39, 0.29) is 0 Å². The molecule has 2 aromatic rings. The maximum Gasteiger partial charge on any atom is 0.275 e. The second kappa shape index (κ2) is 5.80. The molecule has 0 N–H and O–H groups in total. The average Bonchev–Trinajstić information content (AvgIpc) is 2.37. The van der Waals surface area contributed by atoms with E-state index in [1.807, 2.05) is 0 Å².